The molecule has 0 spiro atoms. The van der Waals surface area contributed by atoms with Gasteiger partial charge in [0.25, 0.3) is 0 Å². The third-order valence-electron chi connectivity index (χ3n) is 18.1. The summed E-state index contributed by atoms with van der Waals surface area (Å²) in [6, 6.07) is 55.2. The van der Waals surface area contributed by atoms with Crippen LogP contribution >= 0.6 is 31.7 Å². The van der Waals surface area contributed by atoms with Gasteiger partial charge in [0.15, 0.2) is 0 Å². The van der Waals surface area contributed by atoms with Gasteiger partial charge in [-0.25, -0.2) is 0 Å². The van der Waals surface area contributed by atoms with E-state index in [1.165, 1.54) is 298 Å². The number of unbranched alkanes of at least 4 members (excludes halogenated alkanes) is 24. The molecule has 0 nitrogen and oxygen atoms in total. The van der Waals surface area contributed by atoms with Crippen molar-refractivity contribution in [2.24, 2.45) is 0 Å². The molecule has 0 saturated heterocycles. The predicted octanol–water partition coefficient (Wildman–Crippen LogP) is 21.3. The van der Waals surface area contributed by atoms with Crippen LogP contribution in [0.5, 0.6) is 0 Å². The maximum atomic E-state index is 2.47. The van der Waals surface area contributed by atoms with Crippen molar-refractivity contribution in [2.45, 2.75) is 261 Å². The predicted molar refractivity (Wildman–Crippen MR) is 416 cm³/mol. The summed E-state index contributed by atoms with van der Waals surface area (Å²) in [5, 5.41) is 18.1. The molecule has 0 aliphatic carbocycles. The first kappa shape index (κ1) is 89.1. The number of halogens is 2. The second kappa shape index (κ2) is 57.9. The van der Waals surface area contributed by atoms with E-state index in [1.54, 1.807) is 21.2 Å². The summed E-state index contributed by atoms with van der Waals surface area (Å²) in [7, 11) is 0.257. The molecule has 0 aliphatic rings. The van der Waals surface area contributed by atoms with Crippen LogP contribution in [-0.4, -0.2) is 49.3 Å². The van der Waals surface area contributed by atoms with Crippen LogP contribution in [0.15, 0.2) is 146 Å². The van der Waals surface area contributed by atoms with Crippen molar-refractivity contribution in [1.82, 2.24) is 0 Å². The molecule has 8 aromatic rings. The molecular formula is C84H128Cl2P4Ti2-2. The van der Waals surface area contributed by atoms with E-state index in [9.17, 15) is 0 Å². The second-order valence-corrected chi connectivity index (χ2v) is 35.8. The van der Waals surface area contributed by atoms with E-state index >= 15 is 0 Å². The standard InChI is InChI=1S/4C21H32P.2ClH.2Ti/c4*1-3-5-7-11-15-22(16-12-8-6-4-2)21-17-19-13-9-10-14-20(19)18-21;;;;/h4*9-10,13-14,17-18H,3-8,11-12,15-16H2,1-2H3;2*1H;;/q4*-1;;;2*+2/p-2. The van der Waals surface area contributed by atoms with E-state index < -0.39 is 0 Å². The Labute approximate surface area is 614 Å². The SMILES string of the molecule is CCCCCCP(CCCCCC)c1cc2ccccc2[cH-]1.CCCCCCP(CCCCCC)c1cc2ccccc2[cH-]1.CCCCCCP(CCCCCC)c1cc2ccccc2[cH-]1.CCCCCCP(CCCCCC)c1cc2ccccc2[cH-]1.[Cl-].[Cl-].[Ti+2].[Ti+2]. The Morgan fingerprint density at radius 3 is 0.511 bits per heavy atom. The van der Waals surface area contributed by atoms with Crippen molar-refractivity contribution in [3.05, 3.63) is 146 Å². The van der Waals surface area contributed by atoms with Gasteiger partial charge < -0.3 is 24.8 Å². The largest absolute Gasteiger partial charge is 2.00 e. The fourth-order valence-corrected chi connectivity index (χ4v) is 23.0. The molecule has 0 atom stereocenters. The van der Waals surface area contributed by atoms with Gasteiger partial charge in [-0.15, -0.1) is 161 Å². The smallest absolute Gasteiger partial charge is 1.00 e. The van der Waals surface area contributed by atoms with E-state index in [0.29, 0.717) is 0 Å². The molecule has 0 bridgehead atoms. The van der Waals surface area contributed by atoms with E-state index in [-0.39, 0.29) is 99.9 Å². The molecule has 0 aromatic heterocycles. The van der Waals surface area contributed by atoms with Crippen molar-refractivity contribution in [3.63, 3.8) is 0 Å². The molecule has 0 fully saturated rings. The Balaban J connectivity index is 0.000000605. The Hall–Kier alpha value is -0.951. The van der Waals surface area contributed by atoms with Crippen molar-refractivity contribution >= 4 is 96.0 Å². The average Bonchev–Trinajstić information content (AvgIpc) is 2.40. The van der Waals surface area contributed by atoms with Gasteiger partial charge in [0.1, 0.15) is 0 Å². The molecule has 0 amide bonds. The summed E-state index contributed by atoms with van der Waals surface area (Å²) in [5.74, 6) is 0. The van der Waals surface area contributed by atoms with Crippen LogP contribution < -0.4 is 46.0 Å². The molecule has 0 heterocycles. The molecule has 0 radical (unpaired) electrons. The van der Waals surface area contributed by atoms with Crippen LogP contribution in [-0.2, 0) is 43.4 Å². The summed E-state index contributed by atoms with van der Waals surface area (Å²) < 4.78 is 0. The van der Waals surface area contributed by atoms with Crippen molar-refractivity contribution in [1.29, 1.82) is 0 Å². The molecule has 8 aromatic carbocycles. The minimum absolute atomic E-state index is 0. The molecule has 0 N–H and O–H groups in total. The summed E-state index contributed by atoms with van der Waals surface area (Å²) in [5.41, 5.74) is 0. The first-order chi connectivity index (χ1) is 43.4. The van der Waals surface area contributed by atoms with E-state index in [2.05, 4.69) is 201 Å². The number of benzene rings is 4. The van der Waals surface area contributed by atoms with Crippen LogP contribution in [0.2, 0.25) is 0 Å². The van der Waals surface area contributed by atoms with Gasteiger partial charge in [0.05, 0.1) is 0 Å². The topological polar surface area (TPSA) is 0 Å². The summed E-state index contributed by atoms with van der Waals surface area (Å²) in [6.07, 6.45) is 56.3. The molecule has 0 saturated carbocycles. The molecular weight excluding hydrogens is 1300 g/mol. The zero-order valence-electron chi connectivity index (χ0n) is 59.7. The fraction of sp³-hybridized carbons (Fsp3) is 0.571. The molecule has 508 valence electrons. The monoisotopic (exact) mass is 1430 g/mol. The maximum absolute atomic E-state index is 2.47. The van der Waals surface area contributed by atoms with Crippen molar-refractivity contribution < 1.29 is 68.2 Å². The van der Waals surface area contributed by atoms with E-state index in [1.807, 2.05) is 0 Å². The Morgan fingerprint density at radius 2 is 0.370 bits per heavy atom. The summed E-state index contributed by atoms with van der Waals surface area (Å²) in [6.45, 7) is 18.4. The molecule has 0 unspecified atom stereocenters. The van der Waals surface area contributed by atoms with Gasteiger partial charge in [0.2, 0.25) is 0 Å². The zero-order valence-corrected chi connectivity index (χ0v) is 67.9. The number of hydrogen-bond donors (Lipinski definition) is 0. The second-order valence-electron chi connectivity index (χ2n) is 25.8. The van der Waals surface area contributed by atoms with Crippen LogP contribution in [0, 0.1) is 0 Å². The molecule has 0 aliphatic heterocycles. The van der Waals surface area contributed by atoms with E-state index in [4.69, 9.17) is 0 Å². The summed E-state index contributed by atoms with van der Waals surface area (Å²) >= 11 is 0. The normalized spacial score (nSPS) is 11.1. The first-order valence-corrected chi connectivity index (χ1v) is 43.9. The molecule has 92 heavy (non-hydrogen) atoms. The van der Waals surface area contributed by atoms with Gasteiger partial charge in [-0.3, -0.25) is 0 Å². The molecule has 8 rings (SSSR count). The molecule has 8 heteroatoms. The van der Waals surface area contributed by atoms with Crippen LogP contribution in [0.3, 0.4) is 0 Å². The Kier molecular flexibility index (Phi) is 56.1. The third-order valence-corrected chi connectivity index (χ3v) is 28.9. The Bertz CT molecular complexity index is 2340. The van der Waals surface area contributed by atoms with Gasteiger partial charge in [0, 0.05) is 0 Å². The fourth-order valence-electron chi connectivity index (χ4n) is 12.6. The maximum Gasteiger partial charge on any atom is 2.00 e. The summed E-state index contributed by atoms with van der Waals surface area (Å²) in [4.78, 5) is 0. The number of hydrogen-bond acceptors (Lipinski definition) is 0. The minimum atomic E-state index is 0. The number of fused-ring (bicyclic) bond motifs is 4. The van der Waals surface area contributed by atoms with Gasteiger partial charge >= 0.3 is 43.4 Å². The first-order valence-electron chi connectivity index (χ1n) is 37.0. The van der Waals surface area contributed by atoms with E-state index in [0.717, 1.165) is 0 Å². The zero-order chi connectivity index (χ0) is 62.5. The van der Waals surface area contributed by atoms with Crippen molar-refractivity contribution in [3.8, 4) is 0 Å². The third kappa shape index (κ3) is 35.7. The van der Waals surface area contributed by atoms with Gasteiger partial charge in [-0.05, 0) is 101 Å². The quantitative estimate of drug-likeness (QED) is 0.0155. The van der Waals surface area contributed by atoms with Crippen LogP contribution in [0.25, 0.3) is 43.1 Å². The van der Waals surface area contributed by atoms with Gasteiger partial charge in [-0.2, -0.15) is 24.3 Å². The van der Waals surface area contributed by atoms with Crippen LogP contribution in [0.1, 0.15) is 261 Å². The average molecular weight is 1430 g/mol. The van der Waals surface area contributed by atoms with Crippen molar-refractivity contribution in [2.75, 3.05) is 49.3 Å². The minimum Gasteiger partial charge on any atom is -1.00 e. The Morgan fingerprint density at radius 1 is 0.217 bits per heavy atom. The van der Waals surface area contributed by atoms with Crippen LogP contribution in [0.4, 0.5) is 0 Å². The van der Waals surface area contributed by atoms with Gasteiger partial charge in [-0.1, -0.05) is 265 Å². The number of rotatable bonds is 44.